The lowest BCUT2D eigenvalue weighted by Gasteiger charge is -2.39. The largest absolute Gasteiger partial charge is 0.496 e. The summed E-state index contributed by atoms with van der Waals surface area (Å²) in [5.41, 5.74) is 2.29. The Balaban J connectivity index is 0.00000420. The molecule has 1 fully saturated rings. The van der Waals surface area contributed by atoms with Crippen LogP contribution in [0.3, 0.4) is 0 Å². The SMILES string of the molecule is CCNC(=NCC(=O)N(C)C)NCC1(c2cc(C)ccc2OC)CCOCC1.I. The number of aliphatic imine (C=N–C) groups is 1. The second kappa shape index (κ2) is 12.2. The number of aryl methyl sites for hydroxylation is 1. The van der Waals surface area contributed by atoms with Crippen LogP contribution in [0.1, 0.15) is 30.9 Å². The Hall–Kier alpha value is -1.55. The van der Waals surface area contributed by atoms with Crippen LogP contribution in [0.4, 0.5) is 0 Å². The van der Waals surface area contributed by atoms with Crippen molar-refractivity contribution in [2.24, 2.45) is 4.99 Å². The topological polar surface area (TPSA) is 75.2 Å². The van der Waals surface area contributed by atoms with Gasteiger partial charge in [-0.1, -0.05) is 17.7 Å². The van der Waals surface area contributed by atoms with Gasteiger partial charge >= 0.3 is 0 Å². The zero-order valence-electron chi connectivity index (χ0n) is 18.2. The zero-order valence-corrected chi connectivity index (χ0v) is 20.5. The van der Waals surface area contributed by atoms with Crippen molar-refractivity contribution >= 4 is 35.8 Å². The first-order valence-corrected chi connectivity index (χ1v) is 9.87. The molecular formula is C21H35IN4O3. The quantitative estimate of drug-likeness (QED) is 0.329. The number of ether oxygens (including phenoxy) is 2. The Bertz CT molecular complexity index is 689. The zero-order chi connectivity index (χ0) is 20.6. The molecule has 0 unspecified atom stereocenters. The fourth-order valence-corrected chi connectivity index (χ4v) is 3.42. The van der Waals surface area contributed by atoms with Crippen LogP contribution in [0, 0.1) is 6.92 Å². The average Bonchev–Trinajstić information content (AvgIpc) is 2.70. The number of nitrogens with one attached hydrogen (secondary N) is 2. The van der Waals surface area contributed by atoms with E-state index >= 15 is 0 Å². The molecule has 0 atom stereocenters. The number of likely N-dealkylation sites (N-methyl/N-ethyl adjacent to an activating group) is 1. The number of benzene rings is 1. The first kappa shape index (κ1) is 25.5. The van der Waals surface area contributed by atoms with E-state index in [9.17, 15) is 4.79 Å². The molecule has 0 aliphatic carbocycles. The van der Waals surface area contributed by atoms with Gasteiger partial charge in [0.15, 0.2) is 5.96 Å². The number of nitrogens with zero attached hydrogens (tertiary/aromatic N) is 2. The van der Waals surface area contributed by atoms with Crippen molar-refractivity contribution in [2.45, 2.75) is 32.1 Å². The van der Waals surface area contributed by atoms with E-state index < -0.39 is 0 Å². The molecule has 1 amide bonds. The maximum atomic E-state index is 11.9. The van der Waals surface area contributed by atoms with Crippen LogP contribution >= 0.6 is 24.0 Å². The number of rotatable bonds is 7. The molecule has 7 nitrogen and oxygen atoms in total. The van der Waals surface area contributed by atoms with Crippen molar-refractivity contribution in [1.82, 2.24) is 15.5 Å². The summed E-state index contributed by atoms with van der Waals surface area (Å²) in [5.74, 6) is 1.52. The lowest BCUT2D eigenvalue weighted by molar-refractivity contribution is -0.127. The van der Waals surface area contributed by atoms with Gasteiger partial charge in [0.25, 0.3) is 0 Å². The molecule has 2 rings (SSSR count). The molecule has 0 aromatic heterocycles. The van der Waals surface area contributed by atoms with Crippen molar-refractivity contribution < 1.29 is 14.3 Å². The van der Waals surface area contributed by atoms with E-state index in [1.54, 1.807) is 26.1 Å². The summed E-state index contributed by atoms with van der Waals surface area (Å²) in [4.78, 5) is 17.9. The molecule has 8 heteroatoms. The minimum absolute atomic E-state index is 0. The van der Waals surface area contributed by atoms with E-state index in [1.165, 1.54) is 11.1 Å². The van der Waals surface area contributed by atoms with Gasteiger partial charge in [0.2, 0.25) is 5.91 Å². The van der Waals surface area contributed by atoms with Gasteiger partial charge in [0.1, 0.15) is 12.3 Å². The summed E-state index contributed by atoms with van der Waals surface area (Å²) in [6, 6.07) is 6.32. The lowest BCUT2D eigenvalue weighted by Crippen LogP contribution is -2.48. The van der Waals surface area contributed by atoms with Crippen LogP contribution in [0.2, 0.25) is 0 Å². The number of hydrogen-bond acceptors (Lipinski definition) is 4. The molecular weight excluding hydrogens is 483 g/mol. The van der Waals surface area contributed by atoms with E-state index in [1.807, 2.05) is 13.0 Å². The standard InChI is InChI=1S/C21H34N4O3.HI/c1-6-22-20(23-14-19(26)25(3)4)24-15-21(9-11-28-12-10-21)17-13-16(2)7-8-18(17)27-5;/h7-8,13H,6,9-12,14-15H2,1-5H3,(H2,22,23,24);1H. The fraction of sp³-hybridized carbons (Fsp3) is 0.619. The van der Waals surface area contributed by atoms with E-state index in [4.69, 9.17) is 9.47 Å². The van der Waals surface area contributed by atoms with Crippen LogP contribution in [0.15, 0.2) is 23.2 Å². The van der Waals surface area contributed by atoms with Gasteiger partial charge in [-0.15, -0.1) is 24.0 Å². The molecule has 0 bridgehead atoms. The summed E-state index contributed by atoms with van der Waals surface area (Å²) >= 11 is 0. The van der Waals surface area contributed by atoms with Crippen molar-refractivity contribution in [3.8, 4) is 5.75 Å². The van der Waals surface area contributed by atoms with Gasteiger partial charge < -0.3 is 25.0 Å². The van der Waals surface area contributed by atoms with E-state index in [0.29, 0.717) is 25.7 Å². The maximum Gasteiger partial charge on any atom is 0.243 e. The highest BCUT2D eigenvalue weighted by molar-refractivity contribution is 14.0. The number of hydrogen-bond donors (Lipinski definition) is 2. The predicted molar refractivity (Wildman–Crippen MR) is 128 cm³/mol. The molecule has 164 valence electrons. The van der Waals surface area contributed by atoms with E-state index in [2.05, 4.69) is 34.7 Å². The minimum atomic E-state index is -0.114. The highest BCUT2D eigenvalue weighted by Crippen LogP contribution is 2.40. The van der Waals surface area contributed by atoms with Crippen molar-refractivity contribution in [3.63, 3.8) is 0 Å². The molecule has 0 spiro atoms. The Labute approximate surface area is 191 Å². The van der Waals surface area contributed by atoms with Gasteiger partial charge in [0, 0.05) is 51.4 Å². The third-order valence-electron chi connectivity index (χ3n) is 5.19. The molecule has 2 N–H and O–H groups in total. The van der Waals surface area contributed by atoms with Crippen molar-refractivity contribution in [2.75, 3.05) is 54.1 Å². The van der Waals surface area contributed by atoms with E-state index in [0.717, 1.165) is 25.1 Å². The number of carbonyl (C=O) groups excluding carboxylic acids is 1. The minimum Gasteiger partial charge on any atom is -0.496 e. The van der Waals surface area contributed by atoms with Crippen LogP contribution in [0.5, 0.6) is 5.75 Å². The lowest BCUT2D eigenvalue weighted by atomic mass is 9.73. The second-order valence-corrected chi connectivity index (χ2v) is 7.43. The summed E-state index contributed by atoms with van der Waals surface area (Å²) in [6.45, 7) is 7.08. The number of methoxy groups -OCH3 is 1. The van der Waals surface area contributed by atoms with Gasteiger partial charge in [-0.25, -0.2) is 4.99 Å². The first-order valence-electron chi connectivity index (χ1n) is 9.87. The molecule has 29 heavy (non-hydrogen) atoms. The predicted octanol–water partition coefficient (Wildman–Crippen LogP) is 2.31. The van der Waals surface area contributed by atoms with Crippen LogP contribution in [0.25, 0.3) is 0 Å². The highest BCUT2D eigenvalue weighted by atomic mass is 127. The molecule has 0 radical (unpaired) electrons. The van der Waals surface area contributed by atoms with Crippen molar-refractivity contribution in [1.29, 1.82) is 0 Å². The summed E-state index contributed by atoms with van der Waals surface area (Å²) in [5, 5.41) is 6.68. The van der Waals surface area contributed by atoms with Crippen LogP contribution in [-0.2, 0) is 14.9 Å². The number of guanidine groups is 1. The molecule has 1 aromatic rings. The average molecular weight is 518 g/mol. The maximum absolute atomic E-state index is 11.9. The molecule has 0 saturated carbocycles. The molecule has 1 aliphatic heterocycles. The summed E-state index contributed by atoms with van der Waals surface area (Å²) < 4.78 is 11.3. The highest BCUT2D eigenvalue weighted by Gasteiger charge is 2.37. The Morgan fingerprint density at radius 2 is 1.97 bits per heavy atom. The van der Waals surface area contributed by atoms with Crippen molar-refractivity contribution in [3.05, 3.63) is 29.3 Å². The smallest absolute Gasteiger partial charge is 0.243 e. The summed E-state index contributed by atoms with van der Waals surface area (Å²) in [7, 11) is 5.19. The first-order chi connectivity index (χ1) is 13.4. The third kappa shape index (κ3) is 7.02. The van der Waals surface area contributed by atoms with Crippen LogP contribution in [-0.4, -0.2) is 70.8 Å². The third-order valence-corrected chi connectivity index (χ3v) is 5.19. The van der Waals surface area contributed by atoms with Gasteiger partial charge in [-0.2, -0.15) is 0 Å². The van der Waals surface area contributed by atoms with E-state index in [-0.39, 0.29) is 41.8 Å². The molecule has 1 aliphatic rings. The Morgan fingerprint density at radius 3 is 2.55 bits per heavy atom. The Morgan fingerprint density at radius 1 is 1.28 bits per heavy atom. The number of halogens is 1. The van der Waals surface area contributed by atoms with Gasteiger partial charge in [-0.3, -0.25) is 4.79 Å². The second-order valence-electron chi connectivity index (χ2n) is 7.43. The monoisotopic (exact) mass is 518 g/mol. The van der Waals surface area contributed by atoms with Crippen LogP contribution < -0.4 is 15.4 Å². The molecule has 1 saturated heterocycles. The van der Waals surface area contributed by atoms with Gasteiger partial charge in [0.05, 0.1) is 7.11 Å². The Kier molecular flexibility index (Phi) is 10.7. The number of carbonyl (C=O) groups is 1. The number of amides is 1. The summed E-state index contributed by atoms with van der Waals surface area (Å²) in [6.07, 6.45) is 1.80. The molecule has 1 heterocycles. The van der Waals surface area contributed by atoms with Gasteiger partial charge in [-0.05, 0) is 32.8 Å². The fourth-order valence-electron chi connectivity index (χ4n) is 3.42. The normalized spacial score (nSPS) is 15.8. The molecule has 1 aromatic carbocycles.